The number of aromatic nitrogens is 3. The van der Waals surface area contributed by atoms with Gasteiger partial charge in [-0.05, 0) is 39.9 Å². The number of benzene rings is 3. The van der Waals surface area contributed by atoms with Gasteiger partial charge in [0.1, 0.15) is 11.0 Å². The van der Waals surface area contributed by atoms with Gasteiger partial charge in [0.05, 0.1) is 5.56 Å². The van der Waals surface area contributed by atoms with Gasteiger partial charge in [0, 0.05) is 13.6 Å². The highest BCUT2D eigenvalue weighted by Crippen LogP contribution is 2.29. The van der Waals surface area contributed by atoms with Crippen LogP contribution >= 0.6 is 0 Å². The third kappa shape index (κ3) is 3.07. The molecule has 0 aliphatic heterocycles. The number of hydrogen-bond acceptors (Lipinski definition) is 4. The fourth-order valence-electron chi connectivity index (χ4n) is 3.28. The Balaban J connectivity index is 1.79. The van der Waals surface area contributed by atoms with Crippen molar-refractivity contribution in [3.8, 4) is 22.3 Å². The summed E-state index contributed by atoms with van der Waals surface area (Å²) in [5.74, 6) is -1.02. The van der Waals surface area contributed by atoms with Gasteiger partial charge in [0.25, 0.3) is 0 Å². The van der Waals surface area contributed by atoms with Gasteiger partial charge in [0.15, 0.2) is 0 Å². The standard InChI is InChI=1S/C21H18N4O2/c1-25-23-19-11-16(10-18(21(26)27)20(19)24-25)13-6-8-14(9-7-13)17-5-3-2-4-15(17)12-22/h2-11H,12,22H2,1H3,(H,26,27). The van der Waals surface area contributed by atoms with Crippen LogP contribution in [0.4, 0.5) is 0 Å². The number of nitrogens with zero attached hydrogens (tertiary/aromatic N) is 3. The van der Waals surface area contributed by atoms with Crippen molar-refractivity contribution in [1.82, 2.24) is 15.0 Å². The smallest absolute Gasteiger partial charge is 0.338 e. The Kier molecular flexibility index (Phi) is 4.18. The van der Waals surface area contributed by atoms with Gasteiger partial charge in [-0.15, -0.1) is 0 Å². The highest BCUT2D eigenvalue weighted by Gasteiger charge is 2.15. The molecule has 0 fully saturated rings. The van der Waals surface area contributed by atoms with E-state index in [2.05, 4.69) is 10.2 Å². The van der Waals surface area contributed by atoms with Crippen molar-refractivity contribution < 1.29 is 9.90 Å². The maximum atomic E-state index is 11.6. The first-order chi connectivity index (χ1) is 13.1. The van der Waals surface area contributed by atoms with E-state index in [0.717, 1.165) is 27.8 Å². The van der Waals surface area contributed by atoms with Crippen LogP contribution in [0, 0.1) is 0 Å². The lowest BCUT2D eigenvalue weighted by molar-refractivity contribution is 0.0699. The molecule has 27 heavy (non-hydrogen) atoms. The Morgan fingerprint density at radius 3 is 2.41 bits per heavy atom. The second-order valence-electron chi connectivity index (χ2n) is 6.32. The first kappa shape index (κ1) is 16.9. The molecule has 4 rings (SSSR count). The molecule has 0 atom stereocenters. The molecule has 3 N–H and O–H groups in total. The van der Waals surface area contributed by atoms with Gasteiger partial charge in [-0.25, -0.2) is 4.79 Å². The highest BCUT2D eigenvalue weighted by molar-refractivity contribution is 6.02. The van der Waals surface area contributed by atoms with Crippen molar-refractivity contribution in [3.05, 3.63) is 71.8 Å². The van der Waals surface area contributed by atoms with Crippen LogP contribution in [0.3, 0.4) is 0 Å². The molecule has 0 amide bonds. The SMILES string of the molecule is Cn1nc2cc(-c3ccc(-c4ccccc4CN)cc3)cc(C(=O)O)c2n1. The van der Waals surface area contributed by atoms with Crippen LogP contribution in [0.2, 0.25) is 0 Å². The number of carboxylic acids is 1. The molecular formula is C21H18N4O2. The van der Waals surface area contributed by atoms with E-state index < -0.39 is 5.97 Å². The first-order valence-corrected chi connectivity index (χ1v) is 8.54. The average molecular weight is 358 g/mol. The number of carbonyl (C=O) groups is 1. The summed E-state index contributed by atoms with van der Waals surface area (Å²) in [5, 5.41) is 17.9. The Bertz CT molecular complexity index is 1150. The Morgan fingerprint density at radius 2 is 1.70 bits per heavy atom. The molecule has 0 unspecified atom stereocenters. The predicted octanol–water partition coefficient (Wildman–Crippen LogP) is 3.46. The summed E-state index contributed by atoms with van der Waals surface area (Å²) in [6.07, 6.45) is 0. The minimum Gasteiger partial charge on any atom is -0.478 e. The van der Waals surface area contributed by atoms with E-state index in [9.17, 15) is 9.90 Å². The number of fused-ring (bicyclic) bond motifs is 1. The van der Waals surface area contributed by atoms with Gasteiger partial charge in [-0.3, -0.25) is 0 Å². The predicted molar refractivity (Wildman–Crippen MR) is 104 cm³/mol. The zero-order valence-electron chi connectivity index (χ0n) is 14.8. The van der Waals surface area contributed by atoms with E-state index in [-0.39, 0.29) is 5.56 Å². The summed E-state index contributed by atoms with van der Waals surface area (Å²) in [6, 6.07) is 19.5. The second-order valence-corrected chi connectivity index (χ2v) is 6.32. The van der Waals surface area contributed by atoms with Crippen molar-refractivity contribution in [2.24, 2.45) is 12.8 Å². The van der Waals surface area contributed by atoms with E-state index in [1.54, 1.807) is 13.1 Å². The van der Waals surface area contributed by atoms with Gasteiger partial charge in [-0.1, -0.05) is 48.5 Å². The lowest BCUT2D eigenvalue weighted by Crippen LogP contribution is -1.99. The molecule has 4 aromatic rings. The highest BCUT2D eigenvalue weighted by atomic mass is 16.4. The van der Waals surface area contributed by atoms with Crippen molar-refractivity contribution in [1.29, 1.82) is 0 Å². The summed E-state index contributed by atoms with van der Waals surface area (Å²) in [6.45, 7) is 0.475. The molecule has 0 aliphatic carbocycles. The largest absolute Gasteiger partial charge is 0.478 e. The van der Waals surface area contributed by atoms with Crippen LogP contribution < -0.4 is 5.73 Å². The number of carboxylic acid groups (broad SMARTS) is 1. The molecule has 0 spiro atoms. The maximum absolute atomic E-state index is 11.6. The zero-order valence-corrected chi connectivity index (χ0v) is 14.8. The lowest BCUT2D eigenvalue weighted by atomic mass is 9.96. The van der Waals surface area contributed by atoms with Crippen molar-refractivity contribution in [3.63, 3.8) is 0 Å². The topological polar surface area (TPSA) is 94.0 Å². The Hall–Kier alpha value is -3.51. The van der Waals surface area contributed by atoms with E-state index in [0.29, 0.717) is 17.6 Å². The van der Waals surface area contributed by atoms with Crippen LogP contribution in [0.1, 0.15) is 15.9 Å². The molecule has 1 aromatic heterocycles. The molecule has 0 aliphatic rings. The maximum Gasteiger partial charge on any atom is 0.338 e. The molecule has 3 aromatic carbocycles. The normalized spacial score (nSPS) is 11.0. The summed E-state index contributed by atoms with van der Waals surface area (Å²) in [5.41, 5.74) is 11.9. The van der Waals surface area contributed by atoms with E-state index >= 15 is 0 Å². The Morgan fingerprint density at radius 1 is 1.00 bits per heavy atom. The minimum absolute atomic E-state index is 0.146. The fourth-order valence-corrected chi connectivity index (χ4v) is 3.28. The van der Waals surface area contributed by atoms with Gasteiger partial charge in [-0.2, -0.15) is 15.0 Å². The molecule has 0 radical (unpaired) electrons. The van der Waals surface area contributed by atoms with Crippen LogP contribution in [-0.2, 0) is 13.6 Å². The van der Waals surface area contributed by atoms with Crippen LogP contribution in [0.15, 0.2) is 60.7 Å². The van der Waals surface area contributed by atoms with Crippen LogP contribution in [0.25, 0.3) is 33.3 Å². The summed E-state index contributed by atoms with van der Waals surface area (Å²) in [7, 11) is 1.68. The van der Waals surface area contributed by atoms with Crippen LogP contribution in [-0.4, -0.2) is 26.1 Å². The number of aryl methyl sites for hydroxylation is 1. The van der Waals surface area contributed by atoms with Crippen molar-refractivity contribution >= 4 is 17.0 Å². The fraction of sp³-hybridized carbons (Fsp3) is 0.0952. The number of nitrogens with two attached hydrogens (primary N) is 1. The molecular weight excluding hydrogens is 340 g/mol. The number of hydrogen-bond donors (Lipinski definition) is 2. The average Bonchev–Trinajstić information content (AvgIpc) is 3.07. The minimum atomic E-state index is -1.02. The molecule has 134 valence electrons. The van der Waals surface area contributed by atoms with Crippen LogP contribution in [0.5, 0.6) is 0 Å². The third-order valence-electron chi connectivity index (χ3n) is 4.58. The van der Waals surface area contributed by atoms with Crippen molar-refractivity contribution in [2.75, 3.05) is 0 Å². The number of aromatic carboxylic acids is 1. The second kappa shape index (κ2) is 6.66. The van der Waals surface area contributed by atoms with Gasteiger partial charge in [0.2, 0.25) is 0 Å². The third-order valence-corrected chi connectivity index (χ3v) is 4.58. The van der Waals surface area contributed by atoms with Gasteiger partial charge >= 0.3 is 5.97 Å². The number of rotatable bonds is 4. The van der Waals surface area contributed by atoms with E-state index in [1.165, 1.54) is 4.80 Å². The lowest BCUT2D eigenvalue weighted by Gasteiger charge is -2.09. The quantitative estimate of drug-likeness (QED) is 0.583. The first-order valence-electron chi connectivity index (χ1n) is 8.54. The zero-order chi connectivity index (χ0) is 19.0. The van der Waals surface area contributed by atoms with Crippen molar-refractivity contribution in [2.45, 2.75) is 6.54 Å². The van der Waals surface area contributed by atoms with Gasteiger partial charge < -0.3 is 10.8 Å². The Labute approximate surface area is 155 Å². The monoisotopic (exact) mass is 358 g/mol. The van der Waals surface area contributed by atoms with E-state index in [4.69, 9.17) is 5.73 Å². The van der Waals surface area contributed by atoms with E-state index in [1.807, 2.05) is 54.6 Å². The molecule has 1 heterocycles. The molecule has 6 nitrogen and oxygen atoms in total. The summed E-state index contributed by atoms with van der Waals surface area (Å²) in [4.78, 5) is 13.0. The molecule has 0 saturated carbocycles. The summed E-state index contributed by atoms with van der Waals surface area (Å²) >= 11 is 0. The molecule has 0 bridgehead atoms. The molecule has 6 heteroatoms. The molecule has 0 saturated heterocycles. The summed E-state index contributed by atoms with van der Waals surface area (Å²) < 4.78 is 0.